The summed E-state index contributed by atoms with van der Waals surface area (Å²) in [5, 5.41) is 0. The minimum Gasteiger partial charge on any atom is -0.489 e. The molecule has 0 bridgehead atoms. The Hall–Kier alpha value is -4.44. The molecule has 2 aliphatic heterocycles. The monoisotopic (exact) mass is 502 g/mol. The van der Waals surface area contributed by atoms with Crippen LogP contribution in [0.3, 0.4) is 0 Å². The molecule has 0 unspecified atom stereocenters. The molecule has 190 valence electrons. The molecule has 4 heteroatoms. The Balaban J connectivity index is 1.31. The first-order chi connectivity index (χ1) is 18.5. The van der Waals surface area contributed by atoms with Crippen molar-refractivity contribution in [2.24, 2.45) is 0 Å². The van der Waals surface area contributed by atoms with Crippen molar-refractivity contribution in [3.05, 3.63) is 125 Å². The van der Waals surface area contributed by atoms with Gasteiger partial charge in [0.05, 0.1) is 5.56 Å². The van der Waals surface area contributed by atoms with E-state index in [-0.39, 0.29) is 5.60 Å². The summed E-state index contributed by atoms with van der Waals surface area (Å²) in [6, 6.07) is 30.5. The third-order valence-corrected chi connectivity index (χ3v) is 6.70. The summed E-state index contributed by atoms with van der Waals surface area (Å²) in [7, 11) is 0. The topological polar surface area (TPSA) is 36.9 Å². The molecule has 38 heavy (non-hydrogen) atoms. The van der Waals surface area contributed by atoms with Crippen LogP contribution in [0, 0.1) is 0 Å². The lowest BCUT2D eigenvalue weighted by atomic mass is 9.95. The van der Waals surface area contributed by atoms with E-state index < -0.39 is 0 Å². The third kappa shape index (κ3) is 5.16. The van der Waals surface area contributed by atoms with Crippen molar-refractivity contribution in [1.82, 2.24) is 0 Å². The quantitative estimate of drug-likeness (QED) is 0.257. The van der Waals surface area contributed by atoms with Crippen LogP contribution >= 0.6 is 0 Å². The van der Waals surface area contributed by atoms with Crippen molar-refractivity contribution in [2.75, 3.05) is 6.61 Å². The second-order valence-corrected chi connectivity index (χ2v) is 10.1. The van der Waals surface area contributed by atoms with Crippen LogP contribution in [0.2, 0.25) is 0 Å². The lowest BCUT2D eigenvalue weighted by molar-refractivity contribution is 0.158. The first-order valence-electron chi connectivity index (χ1n) is 12.9. The van der Waals surface area contributed by atoms with Gasteiger partial charge in [0.2, 0.25) is 0 Å². The van der Waals surface area contributed by atoms with Gasteiger partial charge in [-0.2, -0.15) is 0 Å². The molecule has 0 saturated carbocycles. The molecule has 0 radical (unpaired) electrons. The smallest absolute Gasteiger partial charge is 0.137 e. The minimum atomic E-state index is -0.327. The average molecular weight is 503 g/mol. The first kappa shape index (κ1) is 23.9. The van der Waals surface area contributed by atoms with E-state index in [0.29, 0.717) is 19.8 Å². The highest BCUT2D eigenvalue weighted by molar-refractivity contribution is 5.90. The molecule has 0 N–H and O–H groups in total. The predicted molar refractivity (Wildman–Crippen MR) is 152 cm³/mol. The van der Waals surface area contributed by atoms with E-state index in [2.05, 4.69) is 68.5 Å². The molecule has 2 aliphatic rings. The van der Waals surface area contributed by atoms with E-state index in [1.807, 2.05) is 54.6 Å². The van der Waals surface area contributed by atoms with Crippen molar-refractivity contribution in [2.45, 2.75) is 32.7 Å². The zero-order valence-corrected chi connectivity index (χ0v) is 21.6. The fraction of sp³-hybridized carbons (Fsp3) is 0.176. The normalized spacial score (nSPS) is 14.8. The molecular weight excluding hydrogens is 472 g/mol. The van der Waals surface area contributed by atoms with Crippen LogP contribution in [0.1, 0.15) is 41.7 Å². The number of rotatable bonds is 7. The first-order valence-corrected chi connectivity index (χ1v) is 12.9. The van der Waals surface area contributed by atoms with Gasteiger partial charge in [-0.05, 0) is 67.5 Å². The van der Waals surface area contributed by atoms with Gasteiger partial charge in [-0.25, -0.2) is 0 Å². The highest BCUT2D eigenvalue weighted by atomic mass is 16.5. The Morgan fingerprint density at radius 1 is 0.789 bits per heavy atom. The molecular formula is C34H30O4. The van der Waals surface area contributed by atoms with Gasteiger partial charge >= 0.3 is 0 Å². The van der Waals surface area contributed by atoms with Crippen LogP contribution in [-0.2, 0) is 13.2 Å². The maximum Gasteiger partial charge on any atom is 0.137 e. The van der Waals surface area contributed by atoms with Gasteiger partial charge in [-0.3, -0.25) is 0 Å². The average Bonchev–Trinajstić information content (AvgIpc) is 2.95. The molecule has 0 amide bonds. The summed E-state index contributed by atoms with van der Waals surface area (Å²) < 4.78 is 24.9. The summed E-state index contributed by atoms with van der Waals surface area (Å²) in [5.41, 5.74) is 5.95. The fourth-order valence-corrected chi connectivity index (χ4v) is 4.71. The molecule has 0 atom stereocenters. The van der Waals surface area contributed by atoms with Crippen LogP contribution in [0.15, 0.2) is 97.1 Å². The summed E-state index contributed by atoms with van der Waals surface area (Å²) in [6.45, 7) is 5.50. The van der Waals surface area contributed by atoms with Gasteiger partial charge in [0, 0.05) is 22.8 Å². The third-order valence-electron chi connectivity index (χ3n) is 6.70. The van der Waals surface area contributed by atoms with Crippen molar-refractivity contribution in [3.63, 3.8) is 0 Å². The molecule has 4 aromatic carbocycles. The SMILES string of the molecule is CC1(C)C=Cc2c(ccc3c2OCC(c2ccc(OCc4ccccc4)cc2OCc2ccccc2)=C3)O1. The number of hydrogen-bond donors (Lipinski definition) is 0. The lowest BCUT2D eigenvalue weighted by Crippen LogP contribution is -2.27. The summed E-state index contributed by atoms with van der Waals surface area (Å²) in [4.78, 5) is 0. The van der Waals surface area contributed by atoms with E-state index in [1.165, 1.54) is 0 Å². The van der Waals surface area contributed by atoms with E-state index >= 15 is 0 Å². The molecule has 0 aromatic heterocycles. The van der Waals surface area contributed by atoms with Gasteiger partial charge in [-0.15, -0.1) is 0 Å². The van der Waals surface area contributed by atoms with Crippen molar-refractivity contribution >= 4 is 17.7 Å². The Labute approximate surface area is 223 Å². The van der Waals surface area contributed by atoms with Crippen molar-refractivity contribution < 1.29 is 18.9 Å². The standard InChI is InChI=1S/C34H30O4/c1-34(2)18-17-30-31(38-34)16-13-26-19-27(23-37-33(26)30)29-15-14-28(35-21-24-9-5-3-6-10-24)20-32(29)36-22-25-11-7-4-8-12-25/h3-20H,21-23H2,1-2H3. The molecule has 0 spiro atoms. The summed E-state index contributed by atoms with van der Waals surface area (Å²) in [6.07, 6.45) is 6.35. The molecule has 0 aliphatic carbocycles. The minimum absolute atomic E-state index is 0.327. The molecule has 0 fully saturated rings. The van der Waals surface area contributed by atoms with E-state index in [0.717, 1.165) is 56.4 Å². The Morgan fingerprint density at radius 3 is 2.24 bits per heavy atom. The zero-order chi connectivity index (χ0) is 26.0. The zero-order valence-electron chi connectivity index (χ0n) is 21.6. The van der Waals surface area contributed by atoms with Gasteiger partial charge in [0.15, 0.2) is 0 Å². The molecule has 2 heterocycles. The molecule has 6 rings (SSSR count). The van der Waals surface area contributed by atoms with Gasteiger partial charge in [-0.1, -0.05) is 60.7 Å². The van der Waals surface area contributed by atoms with Crippen LogP contribution < -0.4 is 18.9 Å². The van der Waals surface area contributed by atoms with Crippen LogP contribution in [0.5, 0.6) is 23.0 Å². The van der Waals surface area contributed by atoms with Gasteiger partial charge in [0.25, 0.3) is 0 Å². The second-order valence-electron chi connectivity index (χ2n) is 10.1. The largest absolute Gasteiger partial charge is 0.489 e. The van der Waals surface area contributed by atoms with Crippen molar-refractivity contribution in [3.8, 4) is 23.0 Å². The number of hydrogen-bond acceptors (Lipinski definition) is 4. The number of fused-ring (bicyclic) bond motifs is 3. The summed E-state index contributed by atoms with van der Waals surface area (Å²) >= 11 is 0. The second kappa shape index (κ2) is 10.1. The van der Waals surface area contributed by atoms with Crippen LogP contribution in [0.4, 0.5) is 0 Å². The predicted octanol–water partition coefficient (Wildman–Crippen LogP) is 7.96. The Kier molecular flexibility index (Phi) is 6.38. The highest BCUT2D eigenvalue weighted by Gasteiger charge is 2.27. The van der Waals surface area contributed by atoms with E-state index in [1.54, 1.807) is 0 Å². The van der Waals surface area contributed by atoms with Gasteiger partial charge < -0.3 is 18.9 Å². The van der Waals surface area contributed by atoms with Gasteiger partial charge in [0.1, 0.15) is 48.4 Å². The fourth-order valence-electron chi connectivity index (χ4n) is 4.71. The lowest BCUT2D eigenvalue weighted by Gasteiger charge is -2.30. The van der Waals surface area contributed by atoms with E-state index in [4.69, 9.17) is 18.9 Å². The molecule has 4 aromatic rings. The maximum atomic E-state index is 6.36. The molecule has 0 saturated heterocycles. The van der Waals surface area contributed by atoms with Crippen LogP contribution in [-0.4, -0.2) is 12.2 Å². The number of benzene rings is 4. The Morgan fingerprint density at radius 2 is 1.50 bits per heavy atom. The van der Waals surface area contributed by atoms with E-state index in [9.17, 15) is 0 Å². The summed E-state index contributed by atoms with van der Waals surface area (Å²) in [5.74, 6) is 3.23. The molecule has 4 nitrogen and oxygen atoms in total. The number of ether oxygens (including phenoxy) is 4. The Bertz CT molecular complexity index is 1500. The van der Waals surface area contributed by atoms with Crippen LogP contribution in [0.25, 0.3) is 17.7 Å². The van der Waals surface area contributed by atoms with Crippen molar-refractivity contribution in [1.29, 1.82) is 0 Å². The highest BCUT2D eigenvalue weighted by Crippen LogP contribution is 2.43. The maximum absolute atomic E-state index is 6.36.